The molecule has 1 amide bonds. The van der Waals surface area contributed by atoms with Gasteiger partial charge < -0.3 is 9.47 Å². The maximum Gasteiger partial charge on any atom is 0.281 e. The van der Waals surface area contributed by atoms with Gasteiger partial charge >= 0.3 is 0 Å². The average Bonchev–Trinajstić information content (AvgIpc) is 3.62. The predicted octanol–water partition coefficient (Wildman–Crippen LogP) is 6.95. The van der Waals surface area contributed by atoms with Crippen molar-refractivity contribution in [3.8, 4) is 28.4 Å². The van der Waals surface area contributed by atoms with Gasteiger partial charge in [0.15, 0.2) is 0 Å². The summed E-state index contributed by atoms with van der Waals surface area (Å²) >= 11 is 0. The van der Waals surface area contributed by atoms with Crippen LogP contribution in [0.15, 0.2) is 139 Å². The molecule has 0 atom stereocenters. The number of ether oxygens (including phenoxy) is 2. The van der Waals surface area contributed by atoms with E-state index in [1.807, 2.05) is 126 Å². The van der Waals surface area contributed by atoms with E-state index in [1.165, 1.54) is 5.01 Å². The molecule has 0 radical (unpaired) electrons. The van der Waals surface area contributed by atoms with Crippen molar-refractivity contribution >= 4 is 23.4 Å². The SMILES string of the molecule is C=CCOc1ccc(-c2nn(-c3ccccc3)cc2/C=C2\C(=O)N(c3ccccc3)N=C2c2ccc(OC)cc2)cc1. The lowest BCUT2D eigenvalue weighted by atomic mass is 9.99. The van der Waals surface area contributed by atoms with Gasteiger partial charge in [-0.05, 0) is 78.9 Å². The number of carbonyl (C=O) groups is 1. The molecule has 1 aromatic heterocycles. The second-order valence-electron chi connectivity index (χ2n) is 9.52. The monoisotopic (exact) mass is 552 g/mol. The second kappa shape index (κ2) is 11.8. The van der Waals surface area contributed by atoms with Gasteiger partial charge in [0.1, 0.15) is 23.8 Å². The van der Waals surface area contributed by atoms with E-state index in [0.29, 0.717) is 23.6 Å². The Morgan fingerprint density at radius 3 is 2.05 bits per heavy atom. The number of benzene rings is 4. The third kappa shape index (κ3) is 5.36. The van der Waals surface area contributed by atoms with E-state index in [9.17, 15) is 4.79 Å². The number of hydrogen-bond donors (Lipinski definition) is 0. The molecular formula is C35H28N4O3. The van der Waals surface area contributed by atoms with Crippen molar-refractivity contribution in [3.63, 3.8) is 0 Å². The van der Waals surface area contributed by atoms with Gasteiger partial charge in [-0.2, -0.15) is 15.2 Å². The standard InChI is InChI=1S/C35H28N4O3/c1-3-22-42-31-20-16-25(17-21-31)33-27(24-38(36-33)28-10-6-4-7-11-28)23-32-34(26-14-18-30(41-2)19-15-26)37-39(35(32)40)29-12-8-5-9-13-29/h3-21,23-24H,1,22H2,2H3/b32-23-. The van der Waals surface area contributed by atoms with Crippen LogP contribution < -0.4 is 14.5 Å². The average molecular weight is 553 g/mol. The summed E-state index contributed by atoms with van der Waals surface area (Å²) in [4.78, 5) is 14.0. The molecule has 1 aliphatic rings. The molecule has 2 heterocycles. The normalized spacial score (nSPS) is 13.7. The van der Waals surface area contributed by atoms with E-state index < -0.39 is 0 Å². The van der Waals surface area contributed by atoms with Crippen LogP contribution in [0.1, 0.15) is 11.1 Å². The molecule has 4 aromatic carbocycles. The molecule has 0 unspecified atom stereocenters. The molecule has 5 aromatic rings. The number of amides is 1. The first kappa shape index (κ1) is 26.5. The Kier molecular flexibility index (Phi) is 7.46. The molecule has 0 fully saturated rings. The molecule has 42 heavy (non-hydrogen) atoms. The van der Waals surface area contributed by atoms with Crippen LogP contribution in [0, 0.1) is 0 Å². The Hall–Kier alpha value is -5.69. The van der Waals surface area contributed by atoms with Gasteiger partial charge in [0.2, 0.25) is 0 Å². The number of anilines is 1. The Morgan fingerprint density at radius 2 is 1.40 bits per heavy atom. The van der Waals surface area contributed by atoms with Crippen molar-refractivity contribution in [2.24, 2.45) is 5.10 Å². The van der Waals surface area contributed by atoms with Crippen LogP contribution in [-0.2, 0) is 4.79 Å². The summed E-state index contributed by atoms with van der Waals surface area (Å²) in [6, 6.07) is 34.5. The van der Waals surface area contributed by atoms with E-state index in [0.717, 1.165) is 39.6 Å². The lowest BCUT2D eigenvalue weighted by Gasteiger charge is -2.10. The molecule has 7 heteroatoms. The zero-order valence-electron chi connectivity index (χ0n) is 23.1. The smallest absolute Gasteiger partial charge is 0.281 e. The van der Waals surface area contributed by atoms with Crippen LogP contribution in [0.3, 0.4) is 0 Å². The lowest BCUT2D eigenvalue weighted by molar-refractivity contribution is -0.114. The van der Waals surface area contributed by atoms with E-state index in [1.54, 1.807) is 13.2 Å². The summed E-state index contributed by atoms with van der Waals surface area (Å²) < 4.78 is 12.8. The summed E-state index contributed by atoms with van der Waals surface area (Å²) in [6.45, 7) is 4.13. The Morgan fingerprint density at radius 1 is 0.786 bits per heavy atom. The molecule has 0 spiro atoms. The third-order valence-corrected chi connectivity index (χ3v) is 6.80. The number of hydrogen-bond acceptors (Lipinski definition) is 5. The van der Waals surface area contributed by atoms with E-state index in [2.05, 4.69) is 6.58 Å². The highest BCUT2D eigenvalue weighted by atomic mass is 16.5. The molecule has 206 valence electrons. The molecule has 6 rings (SSSR count). The zero-order valence-corrected chi connectivity index (χ0v) is 23.1. The van der Waals surface area contributed by atoms with Crippen molar-refractivity contribution in [1.29, 1.82) is 0 Å². The van der Waals surface area contributed by atoms with Crippen LogP contribution in [0.5, 0.6) is 11.5 Å². The molecule has 0 bridgehead atoms. The highest BCUT2D eigenvalue weighted by molar-refractivity contribution is 6.37. The van der Waals surface area contributed by atoms with Crippen molar-refractivity contribution < 1.29 is 14.3 Å². The third-order valence-electron chi connectivity index (χ3n) is 6.80. The largest absolute Gasteiger partial charge is 0.497 e. The van der Waals surface area contributed by atoms with Crippen LogP contribution in [-0.4, -0.2) is 35.1 Å². The maximum absolute atomic E-state index is 14.0. The zero-order chi connectivity index (χ0) is 28.9. The number of para-hydroxylation sites is 2. The van der Waals surface area contributed by atoms with Crippen LogP contribution in [0.4, 0.5) is 5.69 Å². The highest BCUT2D eigenvalue weighted by Crippen LogP contribution is 2.32. The molecule has 0 aliphatic carbocycles. The molecule has 1 aliphatic heterocycles. The predicted molar refractivity (Wildman–Crippen MR) is 166 cm³/mol. The summed E-state index contributed by atoms with van der Waals surface area (Å²) in [5.41, 5.74) is 5.81. The number of aromatic nitrogens is 2. The quantitative estimate of drug-likeness (QED) is 0.147. The minimum atomic E-state index is -0.224. The van der Waals surface area contributed by atoms with Gasteiger partial charge in [-0.25, -0.2) is 4.68 Å². The van der Waals surface area contributed by atoms with Gasteiger partial charge in [-0.1, -0.05) is 49.1 Å². The number of rotatable bonds is 9. The number of hydrazone groups is 1. The van der Waals surface area contributed by atoms with Crippen molar-refractivity contribution in [3.05, 3.63) is 145 Å². The van der Waals surface area contributed by atoms with Gasteiger partial charge in [0, 0.05) is 22.9 Å². The van der Waals surface area contributed by atoms with Crippen molar-refractivity contribution in [1.82, 2.24) is 9.78 Å². The minimum absolute atomic E-state index is 0.224. The van der Waals surface area contributed by atoms with Gasteiger partial charge in [-0.15, -0.1) is 0 Å². The summed E-state index contributed by atoms with van der Waals surface area (Å²) in [7, 11) is 1.62. The van der Waals surface area contributed by atoms with Crippen LogP contribution >= 0.6 is 0 Å². The highest BCUT2D eigenvalue weighted by Gasteiger charge is 2.32. The van der Waals surface area contributed by atoms with Gasteiger partial charge in [0.25, 0.3) is 5.91 Å². The Bertz CT molecular complexity index is 1770. The number of nitrogens with zero attached hydrogens (tertiary/aromatic N) is 4. The fourth-order valence-electron chi connectivity index (χ4n) is 4.70. The molecule has 0 saturated carbocycles. The van der Waals surface area contributed by atoms with Gasteiger partial charge in [0.05, 0.1) is 29.8 Å². The van der Waals surface area contributed by atoms with E-state index in [-0.39, 0.29) is 5.91 Å². The first-order valence-corrected chi connectivity index (χ1v) is 13.5. The van der Waals surface area contributed by atoms with Crippen LogP contribution in [0.2, 0.25) is 0 Å². The summed E-state index contributed by atoms with van der Waals surface area (Å²) in [5, 5.41) is 11.2. The van der Waals surface area contributed by atoms with Gasteiger partial charge in [-0.3, -0.25) is 4.79 Å². The van der Waals surface area contributed by atoms with Crippen molar-refractivity contribution in [2.45, 2.75) is 0 Å². The van der Waals surface area contributed by atoms with Crippen molar-refractivity contribution in [2.75, 3.05) is 18.7 Å². The lowest BCUT2D eigenvalue weighted by Crippen LogP contribution is -2.21. The van der Waals surface area contributed by atoms with Crippen LogP contribution in [0.25, 0.3) is 23.0 Å². The molecule has 0 saturated heterocycles. The minimum Gasteiger partial charge on any atom is -0.497 e. The van der Waals surface area contributed by atoms with E-state index >= 15 is 0 Å². The Balaban J connectivity index is 1.48. The number of methoxy groups -OCH3 is 1. The second-order valence-corrected chi connectivity index (χ2v) is 9.52. The molecule has 0 N–H and O–H groups in total. The first-order valence-electron chi connectivity index (χ1n) is 13.5. The maximum atomic E-state index is 14.0. The topological polar surface area (TPSA) is 69.0 Å². The Labute approximate surface area is 244 Å². The summed E-state index contributed by atoms with van der Waals surface area (Å²) in [5.74, 6) is 1.24. The fraction of sp³-hybridized carbons (Fsp3) is 0.0571. The van der Waals surface area contributed by atoms with E-state index in [4.69, 9.17) is 19.7 Å². The molecule has 7 nitrogen and oxygen atoms in total. The number of carbonyl (C=O) groups excluding carboxylic acids is 1. The first-order chi connectivity index (χ1) is 20.6. The molecular weight excluding hydrogens is 524 g/mol. The summed E-state index contributed by atoms with van der Waals surface area (Å²) in [6.07, 6.45) is 5.52. The fourth-order valence-corrected chi connectivity index (χ4v) is 4.70.